The van der Waals surface area contributed by atoms with E-state index < -0.39 is 44.8 Å². The molecule has 1 aromatic rings. The lowest BCUT2D eigenvalue weighted by atomic mass is 9.95. The highest BCUT2D eigenvalue weighted by molar-refractivity contribution is 7.93. The third-order valence-corrected chi connectivity index (χ3v) is 6.84. The Balaban J connectivity index is 1.69. The first-order chi connectivity index (χ1) is 14.3. The minimum absolute atomic E-state index is 0.233. The summed E-state index contributed by atoms with van der Waals surface area (Å²) >= 11 is 0. The molecule has 1 atom stereocenters. The first-order valence-electron chi connectivity index (χ1n) is 9.11. The van der Waals surface area contributed by atoms with Gasteiger partial charge in [-0.25, -0.2) is 13.9 Å². The number of ether oxygens (including phenoxy) is 1. The Hall–Kier alpha value is -2.89. The van der Waals surface area contributed by atoms with Crippen LogP contribution in [0.15, 0.2) is 24.3 Å². The van der Waals surface area contributed by atoms with Crippen molar-refractivity contribution in [3.8, 4) is 23.7 Å². The van der Waals surface area contributed by atoms with E-state index in [-0.39, 0.29) is 5.56 Å². The van der Waals surface area contributed by atoms with E-state index >= 15 is 0 Å². The maximum atomic E-state index is 12.6. The van der Waals surface area contributed by atoms with Crippen LogP contribution in [-0.2, 0) is 19.4 Å². The average Bonchev–Trinajstić information content (AvgIpc) is 2.68. The number of methoxy groups -OCH3 is 1. The molecule has 1 unspecified atom stereocenters. The van der Waals surface area contributed by atoms with Gasteiger partial charge in [0.15, 0.2) is 9.84 Å². The largest absolute Gasteiger partial charge is 0.373 e. The van der Waals surface area contributed by atoms with E-state index in [2.05, 4.69) is 34.3 Å². The summed E-state index contributed by atoms with van der Waals surface area (Å²) in [6, 6.07) is 4.92. The van der Waals surface area contributed by atoms with Gasteiger partial charge in [-0.2, -0.15) is 0 Å². The first kappa shape index (κ1) is 21.8. The fraction of sp³-hybridized carbons (Fsp3) is 0.400. The molecule has 2 aliphatic rings. The van der Waals surface area contributed by atoms with Crippen LogP contribution in [0.2, 0.25) is 0 Å². The van der Waals surface area contributed by atoms with Gasteiger partial charge in [0.25, 0.3) is 11.8 Å². The van der Waals surface area contributed by atoms with Crippen molar-refractivity contribution in [3.63, 3.8) is 0 Å². The summed E-state index contributed by atoms with van der Waals surface area (Å²) in [4.78, 5) is 24.7. The molecule has 0 aromatic heterocycles. The Kier molecular flexibility index (Phi) is 6.44. The van der Waals surface area contributed by atoms with Crippen molar-refractivity contribution in [1.29, 1.82) is 0 Å². The van der Waals surface area contributed by atoms with Gasteiger partial charge in [0, 0.05) is 37.2 Å². The van der Waals surface area contributed by atoms with E-state index in [0.29, 0.717) is 11.5 Å². The topological polar surface area (TPSA) is 134 Å². The second kappa shape index (κ2) is 8.86. The summed E-state index contributed by atoms with van der Waals surface area (Å²) in [5.74, 6) is 9.34. The van der Waals surface area contributed by atoms with Crippen LogP contribution in [0.1, 0.15) is 15.9 Å². The maximum Gasteiger partial charge on any atom is 0.268 e. The van der Waals surface area contributed by atoms with Crippen molar-refractivity contribution in [2.45, 2.75) is 11.6 Å². The monoisotopic (exact) mass is 431 g/mol. The van der Waals surface area contributed by atoms with Gasteiger partial charge in [-0.05, 0) is 36.1 Å². The van der Waals surface area contributed by atoms with Crippen LogP contribution in [0.5, 0.6) is 0 Å². The number of hydrogen-bond acceptors (Lipinski definition) is 7. The molecule has 30 heavy (non-hydrogen) atoms. The smallest absolute Gasteiger partial charge is 0.268 e. The van der Waals surface area contributed by atoms with Crippen LogP contribution < -0.4 is 16.1 Å². The molecule has 2 amide bonds. The number of nitrogens with one attached hydrogen (secondary N) is 3. The van der Waals surface area contributed by atoms with Gasteiger partial charge in [-0.3, -0.25) is 14.8 Å². The lowest BCUT2D eigenvalue weighted by Gasteiger charge is -2.44. The summed E-state index contributed by atoms with van der Waals surface area (Å²) in [5.41, 5.74) is 0.900. The number of benzene rings is 1. The lowest BCUT2D eigenvalue weighted by molar-refractivity contribution is -0.138. The highest BCUT2D eigenvalue weighted by atomic mass is 32.2. The van der Waals surface area contributed by atoms with Crippen LogP contribution in [0.3, 0.4) is 0 Å². The maximum absolute atomic E-state index is 12.6. The van der Waals surface area contributed by atoms with Gasteiger partial charge < -0.3 is 15.4 Å². The van der Waals surface area contributed by atoms with E-state index in [1.165, 1.54) is 24.7 Å². The number of hydrogen-bond donors (Lipinski definition) is 4. The molecule has 2 saturated heterocycles. The van der Waals surface area contributed by atoms with E-state index in [0.717, 1.165) is 13.1 Å². The van der Waals surface area contributed by atoms with Crippen molar-refractivity contribution < 1.29 is 28.0 Å². The number of carbonyl (C=O) groups excluding carboxylic acids is 2. The Bertz CT molecular complexity index is 1040. The van der Waals surface area contributed by atoms with Gasteiger partial charge in [-0.1, -0.05) is 11.8 Å². The number of sulfone groups is 1. The molecule has 0 saturated carbocycles. The molecule has 2 aliphatic heterocycles. The molecule has 0 spiro atoms. The molecule has 0 aliphatic carbocycles. The van der Waals surface area contributed by atoms with E-state index in [4.69, 9.17) is 9.94 Å². The van der Waals surface area contributed by atoms with Gasteiger partial charge in [0.2, 0.25) is 0 Å². The minimum atomic E-state index is -3.38. The van der Waals surface area contributed by atoms with Crippen molar-refractivity contribution in [3.05, 3.63) is 35.4 Å². The lowest BCUT2D eigenvalue weighted by Crippen LogP contribution is -2.71. The fourth-order valence-corrected chi connectivity index (χ4v) is 5.13. The second-order valence-electron chi connectivity index (χ2n) is 7.14. The first-order valence-corrected chi connectivity index (χ1v) is 10.9. The third-order valence-electron chi connectivity index (χ3n) is 4.98. The van der Waals surface area contributed by atoms with Crippen molar-refractivity contribution >= 4 is 21.7 Å². The summed E-state index contributed by atoms with van der Waals surface area (Å²) in [7, 11) is -2.13. The van der Waals surface area contributed by atoms with Gasteiger partial charge in [0.1, 0.15) is 11.6 Å². The molecule has 9 nitrogen and oxygen atoms in total. The average molecular weight is 431 g/mol. The highest BCUT2D eigenvalue weighted by Crippen LogP contribution is 2.31. The normalized spacial score (nSPS) is 19.4. The molecule has 2 fully saturated rings. The highest BCUT2D eigenvalue weighted by Gasteiger charge is 2.57. The standard InChI is InChI=1S/C20H21N3O6S/c1-29-20(12-30(27,28)13-20)17(19(25)23-26)22-18(24)16-8-6-14(7-9-16)4-2-3-5-15-10-21-11-15/h6-9,15,17,21,26H,10-13H2,1H3,(H,22,24)(H,23,25). The van der Waals surface area contributed by atoms with Crippen molar-refractivity contribution in [2.24, 2.45) is 5.92 Å². The Morgan fingerprint density at radius 3 is 2.40 bits per heavy atom. The summed E-state index contributed by atoms with van der Waals surface area (Å²) < 4.78 is 28.5. The van der Waals surface area contributed by atoms with Crippen LogP contribution in [0.25, 0.3) is 0 Å². The minimum Gasteiger partial charge on any atom is -0.373 e. The van der Waals surface area contributed by atoms with Gasteiger partial charge in [-0.15, -0.1) is 0 Å². The van der Waals surface area contributed by atoms with Crippen LogP contribution in [-0.4, -0.2) is 68.8 Å². The predicted octanol–water partition coefficient (Wildman–Crippen LogP) is -1.32. The Labute approximate surface area is 174 Å². The summed E-state index contributed by atoms with van der Waals surface area (Å²) in [6.45, 7) is 1.76. The van der Waals surface area contributed by atoms with Crippen molar-refractivity contribution in [1.82, 2.24) is 16.1 Å². The van der Waals surface area contributed by atoms with Gasteiger partial charge >= 0.3 is 0 Å². The molecular formula is C20H21N3O6S. The molecule has 4 N–H and O–H groups in total. The SMILES string of the molecule is COC1(C(NC(=O)c2ccc(C#CC#CC3CNC3)cc2)C(=O)NO)CS(=O)(=O)C1. The number of carbonyl (C=O) groups is 2. The summed E-state index contributed by atoms with van der Waals surface area (Å²) in [6.07, 6.45) is 0. The second-order valence-corrected chi connectivity index (χ2v) is 9.20. The molecule has 0 radical (unpaired) electrons. The van der Waals surface area contributed by atoms with E-state index in [1.807, 2.05) is 0 Å². The van der Waals surface area contributed by atoms with Crippen LogP contribution in [0, 0.1) is 29.6 Å². The molecule has 3 rings (SSSR count). The zero-order valence-corrected chi connectivity index (χ0v) is 17.0. The number of rotatable bonds is 5. The zero-order valence-electron chi connectivity index (χ0n) is 16.2. The van der Waals surface area contributed by atoms with Crippen molar-refractivity contribution in [2.75, 3.05) is 31.7 Å². The molecule has 1 aromatic carbocycles. The van der Waals surface area contributed by atoms with E-state index in [1.54, 1.807) is 12.1 Å². The fourth-order valence-electron chi connectivity index (χ4n) is 3.16. The number of amides is 2. The molecule has 158 valence electrons. The summed E-state index contributed by atoms with van der Waals surface area (Å²) in [5, 5.41) is 14.6. The molecular weight excluding hydrogens is 410 g/mol. The zero-order chi connectivity index (χ0) is 21.8. The Morgan fingerprint density at radius 2 is 1.90 bits per heavy atom. The van der Waals surface area contributed by atoms with Gasteiger partial charge in [0.05, 0.1) is 11.5 Å². The Morgan fingerprint density at radius 1 is 1.23 bits per heavy atom. The molecule has 0 bridgehead atoms. The van der Waals surface area contributed by atoms with Crippen LogP contribution in [0.4, 0.5) is 0 Å². The molecule has 10 heteroatoms. The predicted molar refractivity (Wildman–Crippen MR) is 107 cm³/mol. The van der Waals surface area contributed by atoms with E-state index in [9.17, 15) is 18.0 Å². The molecule has 2 heterocycles. The quantitative estimate of drug-likeness (QED) is 0.258. The third kappa shape index (κ3) is 4.81. The van der Waals surface area contributed by atoms with Crippen LogP contribution >= 0.6 is 0 Å². The number of hydroxylamine groups is 1.